The molecule has 0 fully saturated rings. The van der Waals surface area contributed by atoms with E-state index >= 15 is 0 Å². The van der Waals surface area contributed by atoms with Crippen LogP contribution in [0, 0.1) is 40.4 Å². The van der Waals surface area contributed by atoms with E-state index in [9.17, 15) is 4.39 Å². The first kappa shape index (κ1) is 30.1. The molecule has 0 amide bonds. The number of aryl methyl sites for hydroxylation is 5. The number of rotatable bonds is 2. The summed E-state index contributed by atoms with van der Waals surface area (Å²) in [7, 11) is 0. The highest BCUT2D eigenvalue weighted by molar-refractivity contribution is 7.25. The van der Waals surface area contributed by atoms with Crippen molar-refractivity contribution < 1.29 is 13.5 Å². The van der Waals surface area contributed by atoms with Crippen molar-refractivity contribution in [2.75, 3.05) is 0 Å². The Balaban J connectivity index is 0.000000119. The van der Waals surface area contributed by atoms with E-state index in [4.69, 9.17) is 9.15 Å². The normalized spacial score (nSPS) is 10.9. The summed E-state index contributed by atoms with van der Waals surface area (Å²) in [6.07, 6.45) is 0. The van der Waals surface area contributed by atoms with Crippen molar-refractivity contribution in [2.24, 2.45) is 0 Å². The molecule has 224 valence electrons. The van der Waals surface area contributed by atoms with Crippen molar-refractivity contribution in [3.05, 3.63) is 155 Å². The zero-order chi connectivity index (χ0) is 31.5. The Labute approximate surface area is 267 Å². The number of ether oxygens (including phenoxy) is 1. The van der Waals surface area contributed by atoms with Gasteiger partial charge in [-0.1, -0.05) is 70.3 Å². The SMILES string of the molecule is Cc1ccc(Oc2ccc(C)cc2)cc1.Cc1ccc2oc3ccc(F)cc3c2c1.Cc1ccc2sc3ccc(C)cc3c2c1. The number of benzene rings is 6. The van der Waals surface area contributed by atoms with Gasteiger partial charge in [-0.2, -0.15) is 0 Å². The topological polar surface area (TPSA) is 22.4 Å². The van der Waals surface area contributed by atoms with Crippen LogP contribution >= 0.6 is 11.3 Å². The predicted molar refractivity (Wildman–Crippen MR) is 190 cm³/mol. The van der Waals surface area contributed by atoms with Crippen LogP contribution in [0.1, 0.15) is 27.8 Å². The molecule has 4 heteroatoms. The third kappa shape index (κ3) is 7.08. The molecule has 8 rings (SSSR count). The fourth-order valence-corrected chi connectivity index (χ4v) is 6.28. The van der Waals surface area contributed by atoms with Gasteiger partial charge in [0.15, 0.2) is 0 Å². The number of hydrogen-bond acceptors (Lipinski definition) is 3. The second kappa shape index (κ2) is 13.0. The molecule has 0 saturated heterocycles. The Hall–Kier alpha value is -4.93. The first-order chi connectivity index (χ1) is 21.7. The Morgan fingerprint density at radius 2 is 0.844 bits per heavy atom. The zero-order valence-electron chi connectivity index (χ0n) is 26.1. The maximum absolute atomic E-state index is 13.1. The van der Waals surface area contributed by atoms with Crippen molar-refractivity contribution in [3.63, 3.8) is 0 Å². The summed E-state index contributed by atoms with van der Waals surface area (Å²) in [6.45, 7) is 10.4. The van der Waals surface area contributed by atoms with E-state index in [1.165, 1.54) is 54.6 Å². The van der Waals surface area contributed by atoms with E-state index in [0.717, 1.165) is 39.0 Å². The molecule has 0 atom stereocenters. The van der Waals surface area contributed by atoms with Crippen molar-refractivity contribution in [1.82, 2.24) is 0 Å². The average Bonchev–Trinajstić information content (AvgIpc) is 3.57. The molecule has 0 spiro atoms. The molecule has 0 aliphatic heterocycles. The molecule has 45 heavy (non-hydrogen) atoms. The lowest BCUT2D eigenvalue weighted by Gasteiger charge is -2.05. The molecule has 0 unspecified atom stereocenters. The van der Waals surface area contributed by atoms with E-state index in [2.05, 4.69) is 64.1 Å². The van der Waals surface area contributed by atoms with Crippen LogP contribution in [-0.2, 0) is 0 Å². The van der Waals surface area contributed by atoms with Gasteiger partial charge in [-0.05, 0) is 113 Å². The number of thiophene rings is 1. The van der Waals surface area contributed by atoms with Gasteiger partial charge in [0.2, 0.25) is 0 Å². The van der Waals surface area contributed by atoms with Crippen LogP contribution in [0.2, 0.25) is 0 Å². The van der Waals surface area contributed by atoms with Gasteiger partial charge in [0.05, 0.1) is 0 Å². The minimum absolute atomic E-state index is 0.230. The summed E-state index contributed by atoms with van der Waals surface area (Å²) in [6, 6.07) is 40.0. The van der Waals surface area contributed by atoms with Crippen LogP contribution in [0.25, 0.3) is 42.1 Å². The average molecular weight is 611 g/mol. The Bertz CT molecular complexity index is 1970. The number of fused-ring (bicyclic) bond motifs is 6. The molecule has 0 saturated carbocycles. The molecule has 2 heterocycles. The first-order valence-electron chi connectivity index (χ1n) is 15.0. The highest BCUT2D eigenvalue weighted by atomic mass is 32.1. The van der Waals surface area contributed by atoms with Gasteiger partial charge in [-0.3, -0.25) is 0 Å². The van der Waals surface area contributed by atoms with Crippen molar-refractivity contribution in [2.45, 2.75) is 34.6 Å². The van der Waals surface area contributed by atoms with Gasteiger partial charge < -0.3 is 9.15 Å². The minimum Gasteiger partial charge on any atom is -0.457 e. The maximum atomic E-state index is 13.1. The molecule has 2 nitrogen and oxygen atoms in total. The Morgan fingerprint density at radius 3 is 1.36 bits per heavy atom. The van der Waals surface area contributed by atoms with Gasteiger partial charge in [-0.15, -0.1) is 11.3 Å². The molecule has 0 aliphatic carbocycles. The molecule has 8 aromatic rings. The fraction of sp³-hybridized carbons (Fsp3) is 0.122. The molecule has 0 radical (unpaired) electrons. The van der Waals surface area contributed by atoms with E-state index in [0.29, 0.717) is 0 Å². The molecule has 0 bridgehead atoms. The summed E-state index contributed by atoms with van der Waals surface area (Å²) < 4.78 is 27.2. The Kier molecular flexibility index (Phi) is 8.68. The van der Waals surface area contributed by atoms with Crippen LogP contribution in [0.15, 0.2) is 126 Å². The lowest BCUT2D eigenvalue weighted by atomic mass is 10.1. The van der Waals surface area contributed by atoms with Crippen LogP contribution in [-0.4, -0.2) is 0 Å². The standard InChI is InChI=1S/C14H14O.C14H12S.C13H9FO/c1-11-3-7-13(8-4-11)15-14-9-5-12(2)6-10-14;1-9-3-5-13-11(7-9)12-8-10(2)4-6-14(12)15-13;1-8-2-4-12-10(6-8)11-7-9(14)3-5-13(11)15-12/h3-10H,1-2H3;3-8H,1-2H3;2-7H,1H3. The summed E-state index contributed by atoms with van der Waals surface area (Å²) in [5, 5.41) is 4.62. The molecular weight excluding hydrogens is 576 g/mol. The summed E-state index contributed by atoms with van der Waals surface area (Å²) >= 11 is 1.88. The number of halogens is 1. The van der Waals surface area contributed by atoms with Crippen LogP contribution in [0.3, 0.4) is 0 Å². The van der Waals surface area contributed by atoms with Crippen LogP contribution in [0.5, 0.6) is 11.5 Å². The van der Waals surface area contributed by atoms with Crippen LogP contribution < -0.4 is 4.74 Å². The first-order valence-corrected chi connectivity index (χ1v) is 15.8. The Morgan fingerprint density at radius 1 is 0.444 bits per heavy atom. The molecular formula is C41H35FO2S. The monoisotopic (exact) mass is 610 g/mol. The van der Waals surface area contributed by atoms with Gasteiger partial charge in [0, 0.05) is 30.9 Å². The third-order valence-electron chi connectivity index (χ3n) is 7.64. The summed E-state index contributed by atoms with van der Waals surface area (Å²) in [5.74, 6) is 1.53. The van der Waals surface area contributed by atoms with E-state index < -0.39 is 0 Å². The summed E-state index contributed by atoms with van der Waals surface area (Å²) in [4.78, 5) is 0. The zero-order valence-corrected chi connectivity index (χ0v) is 27.0. The minimum atomic E-state index is -0.230. The third-order valence-corrected chi connectivity index (χ3v) is 8.80. The predicted octanol–water partition coefficient (Wildman–Crippen LogP) is 12.8. The maximum Gasteiger partial charge on any atom is 0.135 e. The molecule has 0 N–H and O–H groups in total. The van der Waals surface area contributed by atoms with E-state index in [1.807, 2.05) is 85.0 Å². The van der Waals surface area contributed by atoms with E-state index in [1.54, 1.807) is 6.07 Å². The van der Waals surface area contributed by atoms with Gasteiger partial charge in [-0.25, -0.2) is 4.39 Å². The number of hydrogen-bond donors (Lipinski definition) is 0. The fourth-order valence-electron chi connectivity index (χ4n) is 5.22. The van der Waals surface area contributed by atoms with E-state index in [-0.39, 0.29) is 5.82 Å². The largest absolute Gasteiger partial charge is 0.457 e. The van der Waals surface area contributed by atoms with Crippen molar-refractivity contribution >= 4 is 53.4 Å². The smallest absolute Gasteiger partial charge is 0.135 e. The number of furan rings is 1. The lowest BCUT2D eigenvalue weighted by molar-refractivity contribution is 0.482. The van der Waals surface area contributed by atoms with Gasteiger partial charge in [0.25, 0.3) is 0 Å². The highest BCUT2D eigenvalue weighted by Crippen LogP contribution is 2.35. The van der Waals surface area contributed by atoms with Crippen molar-refractivity contribution in [1.29, 1.82) is 0 Å². The van der Waals surface area contributed by atoms with Gasteiger partial charge in [0.1, 0.15) is 28.5 Å². The van der Waals surface area contributed by atoms with Crippen molar-refractivity contribution in [3.8, 4) is 11.5 Å². The quantitative estimate of drug-likeness (QED) is 0.194. The van der Waals surface area contributed by atoms with Gasteiger partial charge >= 0.3 is 0 Å². The molecule has 2 aromatic heterocycles. The summed E-state index contributed by atoms with van der Waals surface area (Å²) in [5.41, 5.74) is 7.84. The lowest BCUT2D eigenvalue weighted by Crippen LogP contribution is -1.84. The second-order valence-corrected chi connectivity index (χ2v) is 12.7. The highest BCUT2D eigenvalue weighted by Gasteiger charge is 2.07. The van der Waals surface area contributed by atoms with Crippen LogP contribution in [0.4, 0.5) is 4.39 Å². The molecule has 6 aromatic carbocycles. The second-order valence-electron chi connectivity index (χ2n) is 11.6. The molecule has 0 aliphatic rings.